The molecule has 0 bridgehead atoms. The number of benzene rings is 2. The van der Waals surface area contributed by atoms with Gasteiger partial charge in [-0.2, -0.15) is 15.1 Å². The van der Waals surface area contributed by atoms with E-state index in [0.29, 0.717) is 40.5 Å². The summed E-state index contributed by atoms with van der Waals surface area (Å²) in [7, 11) is 0. The summed E-state index contributed by atoms with van der Waals surface area (Å²) < 4.78 is 17.5. The molecule has 0 spiro atoms. The molecule has 0 aromatic heterocycles. The van der Waals surface area contributed by atoms with E-state index in [-0.39, 0.29) is 18.0 Å². The number of amidine groups is 2. The number of rotatable bonds is 14. The van der Waals surface area contributed by atoms with E-state index in [1.54, 1.807) is 18.2 Å². The van der Waals surface area contributed by atoms with Gasteiger partial charge in [-0.05, 0) is 79.9 Å². The Bertz CT molecular complexity index is 1340. The molecule has 0 saturated carbocycles. The van der Waals surface area contributed by atoms with E-state index in [0.717, 1.165) is 35.6 Å². The van der Waals surface area contributed by atoms with Gasteiger partial charge in [0.25, 0.3) is 5.91 Å². The predicted octanol–water partition coefficient (Wildman–Crippen LogP) is 7.48. The number of carbonyl (C=O) groups excluding carboxylic acids is 1. The van der Waals surface area contributed by atoms with Gasteiger partial charge in [-0.25, -0.2) is 0 Å². The lowest BCUT2D eigenvalue weighted by Gasteiger charge is -2.20. The number of ether oxygens (including phenoxy) is 3. The van der Waals surface area contributed by atoms with Gasteiger partial charge in [0.05, 0.1) is 17.2 Å². The van der Waals surface area contributed by atoms with E-state index in [1.807, 2.05) is 38.1 Å². The molecule has 40 heavy (non-hydrogen) atoms. The summed E-state index contributed by atoms with van der Waals surface area (Å²) in [6.07, 6.45) is 8.22. The largest absolute Gasteiger partial charge is 0.490 e. The molecule has 10 heteroatoms. The molecule has 1 N–H and O–H groups in total. The summed E-state index contributed by atoms with van der Waals surface area (Å²) in [6, 6.07) is 11.2. The molecule has 2 heterocycles. The van der Waals surface area contributed by atoms with Crippen LogP contribution in [0.5, 0.6) is 17.2 Å². The number of hydrogen-bond acceptors (Lipinski definition) is 7. The van der Waals surface area contributed by atoms with Crippen LogP contribution >= 0.6 is 23.4 Å². The molecule has 8 nitrogen and oxygen atoms in total. The molecule has 0 aliphatic carbocycles. The standard InChI is InChI=1S/C30H35ClN4O4S/c1-4-6-7-8-9-13-26-34-35-28(32)23(29(36)33-30(35)40-26)17-21-18-24(31)27(25(19-21)37-5-2)39-15-14-38-22-12-10-11-20(3)16-22/h10-12,16-19,32H,4-9,13-15H2,1-3H3/b23-17-,32-28?. The van der Waals surface area contributed by atoms with Gasteiger partial charge < -0.3 is 14.2 Å². The lowest BCUT2D eigenvalue weighted by molar-refractivity contribution is -0.114. The zero-order valence-electron chi connectivity index (χ0n) is 23.2. The van der Waals surface area contributed by atoms with Crippen molar-refractivity contribution in [3.63, 3.8) is 0 Å². The van der Waals surface area contributed by atoms with E-state index < -0.39 is 5.91 Å². The van der Waals surface area contributed by atoms with Gasteiger partial charge in [0.2, 0.25) is 5.17 Å². The number of carbonyl (C=O) groups is 1. The van der Waals surface area contributed by atoms with Crippen molar-refractivity contribution in [1.29, 1.82) is 5.41 Å². The number of halogens is 1. The second kappa shape index (κ2) is 14.4. The van der Waals surface area contributed by atoms with Crippen LogP contribution in [0.15, 0.2) is 52.1 Å². The summed E-state index contributed by atoms with van der Waals surface area (Å²) in [5.74, 6) is 1.12. The third-order valence-corrected chi connectivity index (χ3v) is 7.47. The first-order chi connectivity index (χ1) is 19.4. The number of nitrogens with one attached hydrogen (secondary N) is 1. The number of thioether (sulfide) groups is 1. The number of aryl methyl sites for hydroxylation is 1. The SMILES string of the molecule is CCCCCCCC1=NN2C(=N)/C(=C/c3cc(Cl)c(OCCOc4cccc(C)c4)c(OCC)c3)C(=O)N=C2S1. The summed E-state index contributed by atoms with van der Waals surface area (Å²) >= 11 is 7.95. The molecule has 2 aromatic carbocycles. The summed E-state index contributed by atoms with van der Waals surface area (Å²) in [5.41, 5.74) is 1.84. The van der Waals surface area contributed by atoms with Crippen LogP contribution < -0.4 is 14.2 Å². The van der Waals surface area contributed by atoms with Crippen LogP contribution in [0.25, 0.3) is 6.08 Å². The molecule has 212 valence electrons. The van der Waals surface area contributed by atoms with Crippen LogP contribution in [0.1, 0.15) is 63.5 Å². The van der Waals surface area contributed by atoms with Crippen LogP contribution in [0.4, 0.5) is 0 Å². The first-order valence-corrected chi connectivity index (χ1v) is 14.9. The highest BCUT2D eigenvalue weighted by atomic mass is 35.5. The number of amides is 1. The van der Waals surface area contributed by atoms with Crippen LogP contribution in [0, 0.1) is 12.3 Å². The van der Waals surface area contributed by atoms with E-state index in [2.05, 4.69) is 17.0 Å². The summed E-state index contributed by atoms with van der Waals surface area (Å²) in [4.78, 5) is 17.1. The quantitative estimate of drug-likeness (QED) is 0.183. The van der Waals surface area contributed by atoms with Gasteiger partial charge in [0, 0.05) is 0 Å². The maximum atomic E-state index is 12.9. The summed E-state index contributed by atoms with van der Waals surface area (Å²) in [5, 5.41) is 16.3. The van der Waals surface area contributed by atoms with E-state index in [1.165, 1.54) is 36.0 Å². The molecule has 2 aliphatic heterocycles. The molecule has 4 rings (SSSR count). The number of hydrazone groups is 1. The van der Waals surface area contributed by atoms with E-state index in [9.17, 15) is 4.79 Å². The Kier molecular flexibility index (Phi) is 10.7. The average Bonchev–Trinajstić information content (AvgIpc) is 3.33. The fourth-order valence-corrected chi connectivity index (χ4v) is 5.46. The molecule has 0 saturated heterocycles. The monoisotopic (exact) mass is 582 g/mol. The second-order valence-electron chi connectivity index (χ2n) is 9.45. The normalized spacial score (nSPS) is 15.7. The highest BCUT2D eigenvalue weighted by Crippen LogP contribution is 2.38. The Morgan fingerprint density at radius 3 is 2.62 bits per heavy atom. The maximum absolute atomic E-state index is 12.9. The average molecular weight is 583 g/mol. The first kappa shape index (κ1) is 29.7. The van der Waals surface area contributed by atoms with Crippen molar-refractivity contribution in [3.05, 3.63) is 58.1 Å². The molecule has 0 atom stereocenters. The van der Waals surface area contributed by atoms with Crippen molar-refractivity contribution in [2.75, 3.05) is 19.8 Å². The van der Waals surface area contributed by atoms with Crippen molar-refractivity contribution >= 4 is 51.4 Å². The Labute approximate surface area is 244 Å². The molecule has 1 amide bonds. The molecule has 2 aromatic rings. The Morgan fingerprint density at radius 1 is 1.05 bits per heavy atom. The number of hydrogen-bond donors (Lipinski definition) is 1. The van der Waals surface area contributed by atoms with E-state index in [4.69, 9.17) is 31.2 Å². The lowest BCUT2D eigenvalue weighted by Crippen LogP contribution is -2.35. The highest BCUT2D eigenvalue weighted by molar-refractivity contribution is 8.26. The third kappa shape index (κ3) is 7.67. The van der Waals surface area contributed by atoms with Crippen molar-refractivity contribution in [2.24, 2.45) is 10.1 Å². The zero-order valence-corrected chi connectivity index (χ0v) is 24.7. The Hall–Kier alpha value is -3.30. The third-order valence-electron chi connectivity index (χ3n) is 6.22. The van der Waals surface area contributed by atoms with Gasteiger partial charge in [0.1, 0.15) is 24.0 Å². The Morgan fingerprint density at radius 2 is 1.85 bits per heavy atom. The fraction of sp³-hybridized carbons (Fsp3) is 0.400. The maximum Gasteiger partial charge on any atom is 0.283 e. The zero-order chi connectivity index (χ0) is 28.5. The van der Waals surface area contributed by atoms with Gasteiger partial charge in [-0.15, -0.1) is 0 Å². The van der Waals surface area contributed by atoms with Crippen molar-refractivity contribution in [2.45, 2.75) is 59.3 Å². The number of unbranched alkanes of at least 4 members (excludes halogenated alkanes) is 4. The second-order valence-corrected chi connectivity index (χ2v) is 10.9. The summed E-state index contributed by atoms with van der Waals surface area (Å²) in [6.45, 7) is 7.06. The van der Waals surface area contributed by atoms with Gasteiger partial charge in [0.15, 0.2) is 17.3 Å². The number of aliphatic imine (C=N–C) groups is 1. The molecule has 0 unspecified atom stereocenters. The molecular formula is C30H35ClN4O4S. The number of fused-ring (bicyclic) bond motifs is 1. The minimum absolute atomic E-state index is 0.00816. The fourth-order valence-electron chi connectivity index (χ4n) is 4.26. The topological polar surface area (TPSA) is 96.6 Å². The smallest absolute Gasteiger partial charge is 0.283 e. The van der Waals surface area contributed by atoms with Crippen molar-refractivity contribution in [1.82, 2.24) is 5.01 Å². The van der Waals surface area contributed by atoms with Crippen LogP contribution in [-0.4, -0.2) is 46.8 Å². The first-order valence-electron chi connectivity index (χ1n) is 13.7. The van der Waals surface area contributed by atoms with Gasteiger partial charge in [-0.3, -0.25) is 10.2 Å². The molecule has 0 fully saturated rings. The minimum Gasteiger partial charge on any atom is -0.490 e. The van der Waals surface area contributed by atoms with Crippen LogP contribution in [0.3, 0.4) is 0 Å². The van der Waals surface area contributed by atoms with Gasteiger partial charge >= 0.3 is 0 Å². The minimum atomic E-state index is -0.481. The molecule has 2 aliphatic rings. The number of nitrogens with zero attached hydrogens (tertiary/aromatic N) is 3. The Balaban J connectivity index is 1.44. The van der Waals surface area contributed by atoms with E-state index >= 15 is 0 Å². The lowest BCUT2D eigenvalue weighted by atomic mass is 10.1. The van der Waals surface area contributed by atoms with Crippen LogP contribution in [-0.2, 0) is 4.79 Å². The van der Waals surface area contributed by atoms with Crippen molar-refractivity contribution < 1.29 is 19.0 Å². The molecule has 0 radical (unpaired) electrons. The predicted molar refractivity (Wildman–Crippen MR) is 163 cm³/mol. The highest BCUT2D eigenvalue weighted by Gasteiger charge is 2.35. The van der Waals surface area contributed by atoms with Gasteiger partial charge in [-0.1, -0.05) is 56.3 Å². The molecular weight excluding hydrogens is 548 g/mol. The van der Waals surface area contributed by atoms with Crippen molar-refractivity contribution in [3.8, 4) is 17.2 Å². The van der Waals surface area contributed by atoms with Crippen LogP contribution in [0.2, 0.25) is 5.02 Å².